The van der Waals surface area contributed by atoms with E-state index in [1.165, 1.54) is 11.8 Å². The van der Waals surface area contributed by atoms with Crippen molar-refractivity contribution in [2.24, 2.45) is 0 Å². The molecular formula is C12H12N4O2S. The fourth-order valence-electron chi connectivity index (χ4n) is 1.96. The lowest BCUT2D eigenvalue weighted by molar-refractivity contribution is -0.116. The van der Waals surface area contributed by atoms with Crippen molar-refractivity contribution < 1.29 is 9.59 Å². The minimum atomic E-state index is -0.182. The third-order valence-electron chi connectivity index (χ3n) is 2.90. The average molecular weight is 276 g/mol. The molecule has 1 aromatic carbocycles. The number of nitrogens with zero attached hydrogens (tertiary/aromatic N) is 2. The fourth-order valence-corrected chi connectivity index (χ4v) is 2.79. The number of aromatic nitrogens is 2. The summed E-state index contributed by atoms with van der Waals surface area (Å²) in [5, 5.41) is 10.5. The Hall–Kier alpha value is -2.02. The zero-order valence-electron chi connectivity index (χ0n) is 10.0. The first-order chi connectivity index (χ1) is 9.22. The van der Waals surface area contributed by atoms with Crippen LogP contribution in [0, 0.1) is 0 Å². The van der Waals surface area contributed by atoms with Crippen LogP contribution in [0.2, 0.25) is 0 Å². The van der Waals surface area contributed by atoms with E-state index in [2.05, 4.69) is 15.5 Å². The van der Waals surface area contributed by atoms with Crippen LogP contribution in [0.1, 0.15) is 0 Å². The third kappa shape index (κ3) is 2.55. The number of amides is 2. The molecule has 0 spiro atoms. The summed E-state index contributed by atoms with van der Waals surface area (Å²) >= 11 is 1.25. The van der Waals surface area contributed by atoms with Gasteiger partial charge in [-0.25, -0.2) is 0 Å². The predicted molar refractivity (Wildman–Crippen MR) is 74.2 cm³/mol. The largest absolute Gasteiger partial charge is 0.325 e. The Morgan fingerprint density at radius 3 is 3.21 bits per heavy atom. The van der Waals surface area contributed by atoms with Crippen LogP contribution >= 0.6 is 11.8 Å². The van der Waals surface area contributed by atoms with Crippen LogP contribution < -0.4 is 5.32 Å². The molecule has 19 heavy (non-hydrogen) atoms. The number of hydrogen-bond acceptors (Lipinski definition) is 4. The Balaban J connectivity index is 1.66. The average Bonchev–Trinajstić information content (AvgIpc) is 2.98. The second kappa shape index (κ2) is 4.93. The van der Waals surface area contributed by atoms with Crippen LogP contribution in [0.15, 0.2) is 24.4 Å². The molecule has 1 aliphatic heterocycles. The van der Waals surface area contributed by atoms with E-state index in [9.17, 15) is 9.59 Å². The van der Waals surface area contributed by atoms with Gasteiger partial charge in [-0.05, 0) is 18.2 Å². The van der Waals surface area contributed by atoms with Gasteiger partial charge in [0.1, 0.15) is 6.54 Å². The zero-order chi connectivity index (χ0) is 13.2. The number of anilines is 1. The summed E-state index contributed by atoms with van der Waals surface area (Å²) in [7, 11) is 0. The van der Waals surface area contributed by atoms with Gasteiger partial charge in [0.05, 0.1) is 11.7 Å². The van der Waals surface area contributed by atoms with Gasteiger partial charge in [-0.15, -0.1) is 0 Å². The molecule has 1 aliphatic rings. The Bertz CT molecular complexity index is 639. The maximum atomic E-state index is 11.9. The van der Waals surface area contributed by atoms with E-state index < -0.39 is 0 Å². The second-order valence-electron chi connectivity index (χ2n) is 4.26. The summed E-state index contributed by atoms with van der Waals surface area (Å²) in [4.78, 5) is 24.8. The van der Waals surface area contributed by atoms with E-state index >= 15 is 0 Å². The number of benzene rings is 1. The zero-order valence-corrected chi connectivity index (χ0v) is 10.9. The minimum absolute atomic E-state index is 0.0274. The maximum absolute atomic E-state index is 11.9. The van der Waals surface area contributed by atoms with Gasteiger partial charge in [0, 0.05) is 23.4 Å². The van der Waals surface area contributed by atoms with Crippen LogP contribution in [0.3, 0.4) is 0 Å². The number of carbonyl (C=O) groups excluding carboxylic acids is 2. The van der Waals surface area contributed by atoms with Crippen molar-refractivity contribution in [2.45, 2.75) is 0 Å². The molecule has 0 radical (unpaired) electrons. The number of hydrogen-bond donors (Lipinski definition) is 2. The van der Waals surface area contributed by atoms with Crippen LogP contribution in [0.25, 0.3) is 10.9 Å². The third-order valence-corrected chi connectivity index (χ3v) is 3.80. The number of rotatable bonds is 3. The molecule has 2 heterocycles. The molecule has 0 atom stereocenters. The monoisotopic (exact) mass is 276 g/mol. The minimum Gasteiger partial charge on any atom is -0.325 e. The first-order valence-corrected chi connectivity index (χ1v) is 6.85. The summed E-state index contributed by atoms with van der Waals surface area (Å²) in [5.41, 5.74) is 1.63. The van der Waals surface area contributed by atoms with Gasteiger partial charge in [0.15, 0.2) is 0 Å². The fraction of sp³-hybridized carbons (Fsp3) is 0.250. The molecule has 98 valence electrons. The van der Waals surface area contributed by atoms with E-state index in [1.54, 1.807) is 17.2 Å². The lowest BCUT2D eigenvalue weighted by atomic mass is 10.2. The van der Waals surface area contributed by atoms with Crippen molar-refractivity contribution in [3.63, 3.8) is 0 Å². The summed E-state index contributed by atoms with van der Waals surface area (Å²) in [6, 6.07) is 5.51. The highest BCUT2D eigenvalue weighted by molar-refractivity contribution is 8.13. The molecule has 7 heteroatoms. The highest BCUT2D eigenvalue weighted by Gasteiger charge is 2.23. The quantitative estimate of drug-likeness (QED) is 0.894. The standard InChI is InChI=1S/C12H12N4O2S/c17-11(7-16-3-4-19-12(16)18)14-9-1-2-10-8(5-9)6-13-15-10/h1-2,5-6H,3-4,7H2,(H,13,15)(H,14,17). The molecule has 2 N–H and O–H groups in total. The van der Waals surface area contributed by atoms with Crippen molar-refractivity contribution >= 4 is 39.5 Å². The summed E-state index contributed by atoms with van der Waals surface area (Å²) in [5.74, 6) is 0.575. The molecular weight excluding hydrogens is 264 g/mol. The highest BCUT2D eigenvalue weighted by Crippen LogP contribution is 2.18. The summed E-state index contributed by atoms with van der Waals surface area (Å²) < 4.78 is 0. The smallest absolute Gasteiger partial charge is 0.282 e. The van der Waals surface area contributed by atoms with E-state index in [4.69, 9.17) is 0 Å². The van der Waals surface area contributed by atoms with Crippen molar-refractivity contribution in [2.75, 3.05) is 24.2 Å². The van der Waals surface area contributed by atoms with E-state index in [-0.39, 0.29) is 17.7 Å². The molecule has 1 fully saturated rings. The van der Waals surface area contributed by atoms with Crippen molar-refractivity contribution in [3.05, 3.63) is 24.4 Å². The van der Waals surface area contributed by atoms with Crippen LogP contribution in [0.5, 0.6) is 0 Å². The molecule has 2 amide bonds. The number of carbonyl (C=O) groups is 2. The molecule has 0 saturated carbocycles. The van der Waals surface area contributed by atoms with Crippen LogP contribution in [-0.2, 0) is 4.79 Å². The molecule has 0 bridgehead atoms. The lowest BCUT2D eigenvalue weighted by Crippen LogP contribution is -2.33. The maximum Gasteiger partial charge on any atom is 0.282 e. The predicted octanol–water partition coefficient (Wildman–Crippen LogP) is 1.67. The summed E-state index contributed by atoms with van der Waals surface area (Å²) in [6.07, 6.45) is 1.70. The Labute approximate surface area is 113 Å². The van der Waals surface area contributed by atoms with E-state index in [0.717, 1.165) is 16.7 Å². The van der Waals surface area contributed by atoms with Gasteiger partial charge in [0.25, 0.3) is 5.24 Å². The molecule has 1 aromatic heterocycles. The Morgan fingerprint density at radius 1 is 1.53 bits per heavy atom. The van der Waals surface area contributed by atoms with Crippen molar-refractivity contribution in [3.8, 4) is 0 Å². The lowest BCUT2D eigenvalue weighted by Gasteiger charge is -2.14. The molecule has 1 saturated heterocycles. The normalized spacial score (nSPS) is 15.2. The number of fused-ring (bicyclic) bond motifs is 1. The molecule has 0 aliphatic carbocycles. The van der Waals surface area contributed by atoms with E-state index in [1.807, 2.05) is 12.1 Å². The van der Waals surface area contributed by atoms with Crippen LogP contribution in [0.4, 0.5) is 10.5 Å². The van der Waals surface area contributed by atoms with Crippen molar-refractivity contribution in [1.82, 2.24) is 15.1 Å². The molecule has 3 rings (SSSR count). The van der Waals surface area contributed by atoms with Crippen LogP contribution in [-0.4, -0.2) is 45.1 Å². The first-order valence-electron chi connectivity index (χ1n) is 5.87. The SMILES string of the molecule is O=C(CN1CCSC1=O)Nc1ccc2[nH]ncc2c1. The number of nitrogens with one attached hydrogen (secondary N) is 2. The highest BCUT2D eigenvalue weighted by atomic mass is 32.2. The van der Waals surface area contributed by atoms with Gasteiger partial charge < -0.3 is 10.2 Å². The van der Waals surface area contributed by atoms with E-state index in [0.29, 0.717) is 12.2 Å². The number of thioether (sulfide) groups is 1. The van der Waals surface area contributed by atoms with Gasteiger partial charge >= 0.3 is 0 Å². The van der Waals surface area contributed by atoms with Gasteiger partial charge in [-0.1, -0.05) is 11.8 Å². The second-order valence-corrected chi connectivity index (χ2v) is 5.30. The van der Waals surface area contributed by atoms with Gasteiger partial charge in [-0.2, -0.15) is 5.10 Å². The Kier molecular flexibility index (Phi) is 3.12. The Morgan fingerprint density at radius 2 is 2.42 bits per heavy atom. The number of aromatic amines is 1. The topological polar surface area (TPSA) is 78.1 Å². The molecule has 2 aromatic rings. The number of H-pyrrole nitrogens is 1. The van der Waals surface area contributed by atoms with Crippen molar-refractivity contribution in [1.29, 1.82) is 0 Å². The molecule has 6 nitrogen and oxygen atoms in total. The first kappa shape index (κ1) is 12.0. The van der Waals surface area contributed by atoms with Gasteiger partial charge in [0.2, 0.25) is 5.91 Å². The summed E-state index contributed by atoms with van der Waals surface area (Å²) in [6.45, 7) is 0.743. The van der Waals surface area contributed by atoms with Gasteiger partial charge in [-0.3, -0.25) is 14.7 Å². The molecule has 0 unspecified atom stereocenters.